The topological polar surface area (TPSA) is 101 Å². The van der Waals surface area contributed by atoms with Crippen molar-refractivity contribution in [1.29, 1.82) is 0 Å². The van der Waals surface area contributed by atoms with Gasteiger partial charge in [0.25, 0.3) is 0 Å². The molecule has 0 atom stereocenters. The van der Waals surface area contributed by atoms with Gasteiger partial charge in [-0.1, -0.05) is 30.3 Å². The van der Waals surface area contributed by atoms with Gasteiger partial charge in [0.1, 0.15) is 5.56 Å². The van der Waals surface area contributed by atoms with Crippen LogP contribution >= 0.6 is 0 Å². The van der Waals surface area contributed by atoms with Crippen LogP contribution in [-0.4, -0.2) is 22.2 Å². The molecule has 2 aromatic rings. The molecule has 0 saturated carbocycles. The van der Waals surface area contributed by atoms with Gasteiger partial charge in [-0.3, -0.25) is 0 Å². The van der Waals surface area contributed by atoms with Crippen molar-refractivity contribution < 1.29 is 24.2 Å². The molecule has 20 heavy (non-hydrogen) atoms. The first-order valence-electron chi connectivity index (χ1n) is 5.57. The average molecular weight is 275 g/mol. The van der Waals surface area contributed by atoms with E-state index in [1.807, 2.05) is 0 Å². The standard InChI is InChI=1S/C14H10FNO4/c15-11-10(14(19)20)8(7-4-2-1-3-5-7)6-9(12(11)16)13(17)18/h1-6H,16H2,(H,17,18)(H,19,20). The van der Waals surface area contributed by atoms with E-state index < -0.39 is 34.6 Å². The normalized spacial score (nSPS) is 10.2. The number of halogens is 1. The summed E-state index contributed by atoms with van der Waals surface area (Å²) in [5, 5.41) is 18.1. The second-order valence-electron chi connectivity index (χ2n) is 4.05. The summed E-state index contributed by atoms with van der Waals surface area (Å²) in [6.45, 7) is 0. The smallest absolute Gasteiger partial charge is 0.339 e. The van der Waals surface area contributed by atoms with Gasteiger partial charge in [0.15, 0.2) is 5.82 Å². The Morgan fingerprint density at radius 1 is 1.05 bits per heavy atom. The molecule has 0 saturated heterocycles. The number of aromatic carboxylic acids is 2. The number of nitrogen functional groups attached to an aromatic ring is 1. The van der Waals surface area contributed by atoms with E-state index in [0.29, 0.717) is 5.56 Å². The molecule has 0 radical (unpaired) electrons. The number of carboxylic acid groups (broad SMARTS) is 2. The van der Waals surface area contributed by atoms with Crippen molar-refractivity contribution in [3.05, 3.63) is 53.3 Å². The fourth-order valence-corrected chi connectivity index (χ4v) is 1.90. The minimum Gasteiger partial charge on any atom is -0.478 e. The van der Waals surface area contributed by atoms with Crippen molar-refractivity contribution >= 4 is 17.6 Å². The Balaban J connectivity index is 2.84. The molecule has 0 aliphatic carbocycles. The first-order chi connectivity index (χ1) is 9.43. The maximum absolute atomic E-state index is 14.1. The van der Waals surface area contributed by atoms with E-state index in [0.717, 1.165) is 6.07 Å². The van der Waals surface area contributed by atoms with E-state index in [2.05, 4.69) is 0 Å². The molecule has 0 bridgehead atoms. The zero-order chi connectivity index (χ0) is 14.9. The molecule has 0 aliphatic rings. The van der Waals surface area contributed by atoms with E-state index in [-0.39, 0.29) is 5.56 Å². The largest absolute Gasteiger partial charge is 0.478 e. The molecule has 6 heteroatoms. The Bertz CT molecular complexity index is 698. The SMILES string of the molecule is Nc1c(C(=O)O)cc(-c2ccccc2)c(C(=O)O)c1F. The van der Waals surface area contributed by atoms with Crippen molar-refractivity contribution in [2.24, 2.45) is 0 Å². The van der Waals surface area contributed by atoms with Crippen LogP contribution in [0.3, 0.4) is 0 Å². The highest BCUT2D eigenvalue weighted by atomic mass is 19.1. The highest BCUT2D eigenvalue weighted by Crippen LogP contribution is 2.31. The molecule has 2 rings (SSSR count). The Morgan fingerprint density at radius 3 is 2.15 bits per heavy atom. The monoisotopic (exact) mass is 275 g/mol. The lowest BCUT2D eigenvalue weighted by molar-refractivity contribution is 0.0678. The molecule has 0 aromatic heterocycles. The first-order valence-corrected chi connectivity index (χ1v) is 5.57. The second-order valence-corrected chi connectivity index (χ2v) is 4.05. The van der Waals surface area contributed by atoms with Gasteiger partial charge in [-0.2, -0.15) is 0 Å². The third kappa shape index (κ3) is 2.18. The number of nitrogens with two attached hydrogens (primary N) is 1. The predicted molar refractivity (Wildman–Crippen MR) is 70.2 cm³/mol. The Hall–Kier alpha value is -2.89. The zero-order valence-corrected chi connectivity index (χ0v) is 10.1. The molecular weight excluding hydrogens is 265 g/mol. The number of hydrogen-bond acceptors (Lipinski definition) is 3. The van der Waals surface area contributed by atoms with Gasteiger partial charge in [0, 0.05) is 5.56 Å². The summed E-state index contributed by atoms with van der Waals surface area (Å²) >= 11 is 0. The number of benzene rings is 2. The van der Waals surface area contributed by atoms with Gasteiger partial charge in [0.05, 0.1) is 11.3 Å². The lowest BCUT2D eigenvalue weighted by Gasteiger charge is -2.12. The second kappa shape index (κ2) is 5.00. The predicted octanol–water partition coefficient (Wildman–Crippen LogP) is 2.47. The van der Waals surface area contributed by atoms with E-state index in [1.54, 1.807) is 30.3 Å². The summed E-state index contributed by atoms with van der Waals surface area (Å²) < 4.78 is 14.1. The molecule has 0 spiro atoms. The van der Waals surface area contributed by atoms with Gasteiger partial charge in [-0.05, 0) is 11.6 Å². The van der Waals surface area contributed by atoms with E-state index in [1.165, 1.54) is 0 Å². The molecule has 102 valence electrons. The molecule has 0 unspecified atom stereocenters. The summed E-state index contributed by atoms with van der Waals surface area (Å²) in [6.07, 6.45) is 0. The Kier molecular flexibility index (Phi) is 3.39. The molecule has 4 N–H and O–H groups in total. The summed E-state index contributed by atoms with van der Waals surface area (Å²) in [6, 6.07) is 9.16. The average Bonchev–Trinajstić information content (AvgIpc) is 2.41. The lowest BCUT2D eigenvalue weighted by atomic mass is 9.95. The Morgan fingerprint density at radius 2 is 1.65 bits per heavy atom. The van der Waals surface area contributed by atoms with Crippen molar-refractivity contribution in [2.45, 2.75) is 0 Å². The minimum absolute atomic E-state index is 0.0257. The van der Waals surface area contributed by atoms with Crippen LogP contribution in [-0.2, 0) is 0 Å². The van der Waals surface area contributed by atoms with Gasteiger partial charge >= 0.3 is 11.9 Å². The van der Waals surface area contributed by atoms with Crippen LogP contribution in [0.4, 0.5) is 10.1 Å². The highest BCUT2D eigenvalue weighted by molar-refractivity contribution is 6.03. The number of carboxylic acids is 2. The summed E-state index contributed by atoms with van der Waals surface area (Å²) in [5.74, 6) is -4.17. The van der Waals surface area contributed by atoms with Crippen molar-refractivity contribution in [1.82, 2.24) is 0 Å². The van der Waals surface area contributed by atoms with Crippen LogP contribution in [0.1, 0.15) is 20.7 Å². The van der Waals surface area contributed by atoms with Crippen LogP contribution < -0.4 is 5.73 Å². The molecule has 2 aromatic carbocycles. The van der Waals surface area contributed by atoms with Crippen molar-refractivity contribution in [3.8, 4) is 11.1 Å². The fraction of sp³-hybridized carbons (Fsp3) is 0. The molecule has 0 aliphatic heterocycles. The first kappa shape index (κ1) is 13.5. The number of carbonyl (C=O) groups is 2. The third-order valence-corrected chi connectivity index (χ3v) is 2.83. The van der Waals surface area contributed by atoms with Gasteiger partial charge in [-0.15, -0.1) is 0 Å². The van der Waals surface area contributed by atoms with Crippen LogP contribution in [0, 0.1) is 5.82 Å². The van der Waals surface area contributed by atoms with Crippen molar-refractivity contribution in [3.63, 3.8) is 0 Å². The number of anilines is 1. The summed E-state index contributed by atoms with van der Waals surface area (Å²) in [4.78, 5) is 22.3. The van der Waals surface area contributed by atoms with E-state index >= 15 is 0 Å². The molecular formula is C14H10FNO4. The molecule has 0 heterocycles. The van der Waals surface area contributed by atoms with Crippen LogP contribution in [0.15, 0.2) is 36.4 Å². The minimum atomic E-state index is -1.51. The maximum atomic E-state index is 14.1. The maximum Gasteiger partial charge on any atom is 0.339 e. The molecule has 0 fully saturated rings. The molecule has 5 nitrogen and oxygen atoms in total. The lowest BCUT2D eigenvalue weighted by Crippen LogP contribution is -2.12. The van der Waals surface area contributed by atoms with Crippen LogP contribution in [0.25, 0.3) is 11.1 Å². The quantitative estimate of drug-likeness (QED) is 0.747. The Labute approximate surface area is 113 Å². The van der Waals surface area contributed by atoms with E-state index in [9.17, 15) is 14.0 Å². The van der Waals surface area contributed by atoms with Crippen LogP contribution in [0.2, 0.25) is 0 Å². The third-order valence-electron chi connectivity index (χ3n) is 2.83. The number of rotatable bonds is 3. The fourth-order valence-electron chi connectivity index (χ4n) is 1.90. The van der Waals surface area contributed by atoms with Gasteiger partial charge in [0.2, 0.25) is 0 Å². The van der Waals surface area contributed by atoms with Crippen LogP contribution in [0.5, 0.6) is 0 Å². The zero-order valence-electron chi connectivity index (χ0n) is 10.1. The highest BCUT2D eigenvalue weighted by Gasteiger charge is 2.24. The van der Waals surface area contributed by atoms with Crippen molar-refractivity contribution in [2.75, 3.05) is 5.73 Å². The van der Waals surface area contributed by atoms with E-state index in [4.69, 9.17) is 15.9 Å². The number of hydrogen-bond donors (Lipinski definition) is 3. The van der Waals surface area contributed by atoms with Gasteiger partial charge in [-0.25, -0.2) is 14.0 Å². The summed E-state index contributed by atoms with van der Waals surface area (Å²) in [7, 11) is 0. The van der Waals surface area contributed by atoms with Gasteiger partial charge < -0.3 is 15.9 Å². The molecule has 0 amide bonds. The summed E-state index contributed by atoms with van der Waals surface area (Å²) in [5.41, 5.74) is 3.93.